The monoisotopic (exact) mass is 419 g/mol. The van der Waals surface area contributed by atoms with Gasteiger partial charge in [0.25, 0.3) is 0 Å². The maximum atomic E-state index is 13.3. The third-order valence-electron chi connectivity index (χ3n) is 5.46. The van der Waals surface area contributed by atoms with Crippen LogP contribution in [0, 0.1) is 0 Å². The molecule has 1 N–H and O–H groups in total. The van der Waals surface area contributed by atoms with Crippen LogP contribution < -0.4 is 5.32 Å². The van der Waals surface area contributed by atoms with Gasteiger partial charge in [0, 0.05) is 48.9 Å². The first-order valence-electron chi connectivity index (χ1n) is 9.79. The first-order valence-corrected chi connectivity index (χ1v) is 9.79. The molecule has 1 saturated carbocycles. The van der Waals surface area contributed by atoms with Gasteiger partial charge < -0.3 is 5.32 Å². The number of anilines is 1. The van der Waals surface area contributed by atoms with E-state index in [1.165, 1.54) is 17.3 Å². The number of carbonyl (C=O) groups excluding carboxylic acids is 2. The fourth-order valence-electron chi connectivity index (χ4n) is 3.99. The van der Waals surface area contributed by atoms with Gasteiger partial charge in [-0.25, -0.2) is 9.97 Å². The molecule has 3 heterocycles. The van der Waals surface area contributed by atoms with Crippen LogP contribution >= 0.6 is 0 Å². The lowest BCUT2D eigenvalue weighted by molar-refractivity contribution is -0.142. The Kier molecular flexibility index (Phi) is 5.40. The zero-order valence-electron chi connectivity index (χ0n) is 16.0. The van der Waals surface area contributed by atoms with E-state index in [0.29, 0.717) is 31.2 Å². The largest absolute Gasteiger partial charge is 0.433 e. The Bertz CT molecular complexity index is 927. The molecule has 2 aliphatic rings. The number of nitrogens with zero attached hydrogens (tertiary/aromatic N) is 4. The minimum absolute atomic E-state index is 0.0309. The number of nitrogens with one attached hydrogen (secondary N) is 1. The summed E-state index contributed by atoms with van der Waals surface area (Å²) < 4.78 is 40.0. The average Bonchev–Trinajstić information content (AvgIpc) is 3.07. The molecule has 1 aliphatic carbocycles. The first-order chi connectivity index (χ1) is 14.3. The molecule has 1 saturated heterocycles. The third-order valence-corrected chi connectivity index (χ3v) is 5.46. The van der Waals surface area contributed by atoms with E-state index in [9.17, 15) is 22.8 Å². The van der Waals surface area contributed by atoms with Crippen LogP contribution in [0.3, 0.4) is 0 Å². The number of amides is 2. The van der Waals surface area contributed by atoms with E-state index in [0.717, 1.165) is 6.07 Å². The summed E-state index contributed by atoms with van der Waals surface area (Å²) in [4.78, 5) is 37.0. The summed E-state index contributed by atoms with van der Waals surface area (Å²) in [7, 11) is 0. The van der Waals surface area contributed by atoms with Crippen molar-refractivity contribution >= 4 is 17.6 Å². The second-order valence-corrected chi connectivity index (χ2v) is 7.50. The van der Waals surface area contributed by atoms with Crippen LogP contribution in [0.4, 0.5) is 19.0 Å². The highest BCUT2D eigenvalue weighted by Gasteiger charge is 2.37. The average molecular weight is 419 g/mol. The Labute approximate surface area is 170 Å². The minimum Gasteiger partial charge on any atom is -0.367 e. The van der Waals surface area contributed by atoms with Crippen molar-refractivity contribution in [3.05, 3.63) is 36.3 Å². The van der Waals surface area contributed by atoms with Crippen LogP contribution in [0.25, 0.3) is 11.4 Å². The normalized spacial score (nSPS) is 22.4. The molecule has 0 aromatic carbocycles. The lowest BCUT2D eigenvalue weighted by atomic mass is 9.90. The number of alkyl halides is 3. The number of hydrogen-bond donors (Lipinski definition) is 1. The summed E-state index contributed by atoms with van der Waals surface area (Å²) in [5.41, 5.74) is -0.581. The smallest absolute Gasteiger partial charge is 0.367 e. The Morgan fingerprint density at radius 3 is 2.20 bits per heavy atom. The van der Waals surface area contributed by atoms with Gasteiger partial charge >= 0.3 is 6.18 Å². The summed E-state index contributed by atoms with van der Waals surface area (Å²) in [6.07, 6.45) is 1.33. The minimum atomic E-state index is -4.60. The molecule has 2 amide bonds. The van der Waals surface area contributed by atoms with E-state index < -0.39 is 11.9 Å². The predicted molar refractivity (Wildman–Crippen MR) is 101 cm³/mol. The topological polar surface area (TPSA) is 88.1 Å². The molecule has 10 heteroatoms. The maximum Gasteiger partial charge on any atom is 0.433 e. The molecule has 0 spiro atoms. The molecule has 7 nitrogen and oxygen atoms in total. The van der Waals surface area contributed by atoms with Crippen LogP contribution in [0.15, 0.2) is 30.6 Å². The van der Waals surface area contributed by atoms with Gasteiger partial charge in [0.05, 0.1) is 0 Å². The fraction of sp³-hybridized carbons (Fsp3) is 0.450. The fourth-order valence-corrected chi connectivity index (χ4v) is 3.99. The summed E-state index contributed by atoms with van der Waals surface area (Å²) in [6.45, 7) is 0. The summed E-state index contributed by atoms with van der Waals surface area (Å²) >= 11 is 0. The number of pyridine rings is 1. The number of likely N-dealkylation sites (tertiary alicyclic amines) is 1. The highest BCUT2D eigenvalue weighted by Crippen LogP contribution is 2.32. The van der Waals surface area contributed by atoms with Crippen LogP contribution in [-0.4, -0.2) is 43.7 Å². The number of imide groups is 1. The van der Waals surface area contributed by atoms with Gasteiger partial charge in [0.15, 0.2) is 11.5 Å². The number of rotatable bonds is 4. The van der Waals surface area contributed by atoms with Gasteiger partial charge in [-0.15, -0.1) is 0 Å². The number of halogens is 3. The zero-order chi connectivity index (χ0) is 21.3. The lowest BCUT2D eigenvalue weighted by Gasteiger charge is -2.34. The Morgan fingerprint density at radius 1 is 0.967 bits per heavy atom. The second kappa shape index (κ2) is 8.00. The number of aromatic nitrogens is 3. The third kappa shape index (κ3) is 4.27. The Hall–Kier alpha value is -3.04. The molecule has 0 bridgehead atoms. The van der Waals surface area contributed by atoms with Gasteiger partial charge in [0.2, 0.25) is 11.8 Å². The van der Waals surface area contributed by atoms with E-state index in [1.54, 1.807) is 12.1 Å². The van der Waals surface area contributed by atoms with Crippen molar-refractivity contribution in [2.24, 2.45) is 0 Å². The van der Waals surface area contributed by atoms with E-state index >= 15 is 0 Å². The second-order valence-electron chi connectivity index (χ2n) is 7.50. The summed E-state index contributed by atoms with van der Waals surface area (Å²) in [6, 6.07) is 3.78. The molecule has 2 fully saturated rings. The molecule has 0 radical (unpaired) electrons. The molecule has 158 valence electrons. The molecule has 2 aromatic rings. The standard InChI is InChI=1S/C20H20F3N5O2/c21-20(22,23)15-11-16(27-19(26-15)12-7-9-24-10-8-12)25-13-1-3-14(4-2-13)28-17(29)5-6-18(28)30/h7-11,13-14H,1-6H2,(H,25,26,27). The van der Waals surface area contributed by atoms with Gasteiger partial charge in [-0.3, -0.25) is 19.5 Å². The molecule has 4 rings (SSSR count). The predicted octanol–water partition coefficient (Wildman–Crippen LogP) is 3.43. The highest BCUT2D eigenvalue weighted by atomic mass is 19.4. The molecule has 2 aromatic heterocycles. The van der Waals surface area contributed by atoms with Crippen molar-refractivity contribution in [2.45, 2.75) is 56.8 Å². The van der Waals surface area contributed by atoms with Crippen molar-refractivity contribution in [3.8, 4) is 11.4 Å². The zero-order valence-corrected chi connectivity index (χ0v) is 16.0. The molecular formula is C20H20F3N5O2. The molecule has 0 atom stereocenters. The van der Waals surface area contributed by atoms with Gasteiger partial charge in [0.1, 0.15) is 5.82 Å². The molecular weight excluding hydrogens is 399 g/mol. The Balaban J connectivity index is 1.49. The quantitative estimate of drug-likeness (QED) is 0.764. The summed E-state index contributed by atoms with van der Waals surface area (Å²) in [5.74, 6) is -0.203. The maximum absolute atomic E-state index is 13.3. The van der Waals surface area contributed by atoms with Crippen LogP contribution in [0.5, 0.6) is 0 Å². The van der Waals surface area contributed by atoms with Crippen LogP contribution in [-0.2, 0) is 15.8 Å². The molecule has 0 unspecified atom stereocenters. The van der Waals surface area contributed by atoms with Gasteiger partial charge in [-0.2, -0.15) is 13.2 Å². The van der Waals surface area contributed by atoms with Crippen molar-refractivity contribution in [2.75, 3.05) is 5.32 Å². The lowest BCUT2D eigenvalue weighted by Crippen LogP contribution is -2.43. The van der Waals surface area contributed by atoms with E-state index in [4.69, 9.17) is 0 Å². The van der Waals surface area contributed by atoms with Crippen molar-refractivity contribution in [1.29, 1.82) is 0 Å². The van der Waals surface area contributed by atoms with Gasteiger partial charge in [-0.05, 0) is 37.8 Å². The molecule has 1 aliphatic heterocycles. The van der Waals surface area contributed by atoms with Crippen molar-refractivity contribution < 1.29 is 22.8 Å². The SMILES string of the molecule is O=C1CCC(=O)N1C1CCC(Nc2cc(C(F)(F)F)nc(-c3ccncc3)n2)CC1. The number of hydrogen-bond acceptors (Lipinski definition) is 6. The summed E-state index contributed by atoms with van der Waals surface area (Å²) in [5, 5.41) is 3.08. The first kappa shape index (κ1) is 20.2. The van der Waals surface area contributed by atoms with E-state index in [1.807, 2.05) is 0 Å². The van der Waals surface area contributed by atoms with E-state index in [-0.39, 0.29) is 48.4 Å². The van der Waals surface area contributed by atoms with E-state index in [2.05, 4.69) is 20.3 Å². The van der Waals surface area contributed by atoms with Crippen molar-refractivity contribution in [1.82, 2.24) is 19.9 Å². The molecule has 30 heavy (non-hydrogen) atoms. The number of carbonyl (C=O) groups is 2. The Morgan fingerprint density at radius 2 is 1.60 bits per heavy atom. The van der Waals surface area contributed by atoms with Crippen LogP contribution in [0.1, 0.15) is 44.2 Å². The van der Waals surface area contributed by atoms with Gasteiger partial charge in [-0.1, -0.05) is 0 Å². The highest BCUT2D eigenvalue weighted by molar-refractivity contribution is 6.02. The van der Waals surface area contributed by atoms with Crippen molar-refractivity contribution in [3.63, 3.8) is 0 Å². The van der Waals surface area contributed by atoms with Crippen LogP contribution in [0.2, 0.25) is 0 Å².